The van der Waals surface area contributed by atoms with Gasteiger partial charge < -0.3 is 10.2 Å². The summed E-state index contributed by atoms with van der Waals surface area (Å²) >= 11 is 0. The number of carbonyl (C=O) groups is 2. The first kappa shape index (κ1) is 19.6. The fourth-order valence-corrected chi connectivity index (χ4v) is 4.04. The van der Waals surface area contributed by atoms with Crippen LogP contribution in [0.3, 0.4) is 0 Å². The molecule has 29 heavy (non-hydrogen) atoms. The average Bonchev–Trinajstić information content (AvgIpc) is 3.60. The Labute approximate surface area is 172 Å². The van der Waals surface area contributed by atoms with Crippen LogP contribution in [0.2, 0.25) is 0 Å². The van der Waals surface area contributed by atoms with Crippen molar-refractivity contribution in [3.8, 4) is 0 Å². The molecule has 1 aromatic carbocycles. The van der Waals surface area contributed by atoms with E-state index in [0.29, 0.717) is 29.9 Å². The van der Waals surface area contributed by atoms with Crippen molar-refractivity contribution in [2.45, 2.75) is 38.5 Å². The van der Waals surface area contributed by atoms with Crippen molar-refractivity contribution < 1.29 is 9.59 Å². The van der Waals surface area contributed by atoms with Crippen LogP contribution < -0.4 is 5.32 Å². The fraction of sp³-hybridized carbons (Fsp3) is 0.458. The smallest absolute Gasteiger partial charge is 0.251 e. The molecule has 0 atom stereocenters. The highest BCUT2D eigenvalue weighted by Crippen LogP contribution is 2.32. The van der Waals surface area contributed by atoms with Gasteiger partial charge in [0.25, 0.3) is 5.91 Å². The van der Waals surface area contributed by atoms with Crippen LogP contribution in [-0.4, -0.2) is 41.3 Å². The van der Waals surface area contributed by atoms with Crippen molar-refractivity contribution in [3.63, 3.8) is 0 Å². The van der Waals surface area contributed by atoms with Crippen LogP contribution in [0.4, 0.5) is 0 Å². The molecule has 0 spiro atoms. The second-order valence-electron chi connectivity index (χ2n) is 8.31. The summed E-state index contributed by atoms with van der Waals surface area (Å²) in [5, 5.41) is 2.98. The van der Waals surface area contributed by atoms with Gasteiger partial charge in [0.2, 0.25) is 5.91 Å². The first-order valence-corrected chi connectivity index (χ1v) is 10.7. The van der Waals surface area contributed by atoms with Gasteiger partial charge in [-0.25, -0.2) is 0 Å². The SMILES string of the molecule is O=C(NCCc1ccncc1)c1ccc(CC2CCN(C(=O)C3CC3)CC2)cc1. The lowest BCUT2D eigenvalue weighted by Gasteiger charge is -2.32. The number of nitrogens with zero attached hydrogens (tertiary/aromatic N) is 2. The van der Waals surface area contributed by atoms with Gasteiger partial charge in [0.15, 0.2) is 0 Å². The Morgan fingerprint density at radius 2 is 1.62 bits per heavy atom. The Balaban J connectivity index is 1.20. The molecule has 2 amide bonds. The van der Waals surface area contributed by atoms with Crippen LogP contribution in [0.25, 0.3) is 0 Å². The van der Waals surface area contributed by atoms with Crippen molar-refractivity contribution in [1.29, 1.82) is 0 Å². The molecule has 0 unspecified atom stereocenters. The van der Waals surface area contributed by atoms with Crippen molar-refractivity contribution in [2.24, 2.45) is 11.8 Å². The summed E-state index contributed by atoms with van der Waals surface area (Å²) in [7, 11) is 0. The Hall–Kier alpha value is -2.69. The Morgan fingerprint density at radius 1 is 0.931 bits per heavy atom. The van der Waals surface area contributed by atoms with Crippen LogP contribution in [0, 0.1) is 11.8 Å². The van der Waals surface area contributed by atoms with E-state index in [2.05, 4.69) is 27.3 Å². The zero-order chi connectivity index (χ0) is 20.1. The molecule has 1 aliphatic heterocycles. The molecule has 1 N–H and O–H groups in total. The summed E-state index contributed by atoms with van der Waals surface area (Å²) in [5.41, 5.74) is 3.14. The van der Waals surface area contributed by atoms with Crippen LogP contribution >= 0.6 is 0 Å². The Kier molecular flexibility index (Phi) is 6.23. The minimum atomic E-state index is -0.0301. The van der Waals surface area contributed by atoms with Gasteiger partial charge in [-0.05, 0) is 79.8 Å². The van der Waals surface area contributed by atoms with E-state index in [1.54, 1.807) is 12.4 Å². The highest BCUT2D eigenvalue weighted by molar-refractivity contribution is 5.94. The maximum atomic E-state index is 12.3. The van der Waals surface area contributed by atoms with Gasteiger partial charge in [0.1, 0.15) is 0 Å². The first-order valence-electron chi connectivity index (χ1n) is 10.7. The van der Waals surface area contributed by atoms with E-state index >= 15 is 0 Å². The van der Waals surface area contributed by atoms with Crippen molar-refractivity contribution in [1.82, 2.24) is 15.2 Å². The van der Waals surface area contributed by atoms with Gasteiger partial charge in [-0.3, -0.25) is 14.6 Å². The molecule has 2 fully saturated rings. The van der Waals surface area contributed by atoms with Gasteiger partial charge >= 0.3 is 0 Å². The fourth-order valence-electron chi connectivity index (χ4n) is 4.04. The lowest BCUT2D eigenvalue weighted by molar-refractivity contribution is -0.133. The molecule has 1 aliphatic carbocycles. The largest absolute Gasteiger partial charge is 0.352 e. The van der Waals surface area contributed by atoms with Gasteiger partial charge in [-0.15, -0.1) is 0 Å². The Morgan fingerprint density at radius 3 is 2.28 bits per heavy atom. The summed E-state index contributed by atoms with van der Waals surface area (Å²) < 4.78 is 0. The first-order chi connectivity index (χ1) is 14.2. The van der Waals surface area contributed by atoms with E-state index in [0.717, 1.165) is 51.6 Å². The van der Waals surface area contributed by atoms with Crippen LogP contribution in [0.1, 0.15) is 47.2 Å². The lowest BCUT2D eigenvalue weighted by Crippen LogP contribution is -2.39. The summed E-state index contributed by atoms with van der Waals surface area (Å²) in [6.07, 6.45) is 9.69. The maximum Gasteiger partial charge on any atom is 0.251 e. The molecule has 152 valence electrons. The van der Waals surface area contributed by atoms with Crippen molar-refractivity contribution >= 4 is 11.8 Å². The number of nitrogens with one attached hydrogen (secondary N) is 1. The normalized spacial score (nSPS) is 17.2. The van der Waals surface area contributed by atoms with Crippen LogP contribution in [0.15, 0.2) is 48.8 Å². The number of carbonyl (C=O) groups excluding carboxylic acids is 2. The third-order valence-electron chi connectivity index (χ3n) is 6.04. The average molecular weight is 392 g/mol. The summed E-state index contributed by atoms with van der Waals surface area (Å²) in [5.74, 6) is 1.30. The van der Waals surface area contributed by atoms with Crippen LogP contribution in [0.5, 0.6) is 0 Å². The van der Waals surface area contributed by atoms with E-state index in [4.69, 9.17) is 0 Å². The number of amides is 2. The number of pyridine rings is 1. The maximum absolute atomic E-state index is 12.3. The molecule has 0 radical (unpaired) electrons. The summed E-state index contributed by atoms with van der Waals surface area (Å²) in [4.78, 5) is 30.6. The molecule has 5 nitrogen and oxygen atoms in total. The topological polar surface area (TPSA) is 62.3 Å². The zero-order valence-electron chi connectivity index (χ0n) is 16.8. The third-order valence-corrected chi connectivity index (χ3v) is 6.04. The number of piperidine rings is 1. The van der Waals surface area contributed by atoms with Gasteiger partial charge in [-0.1, -0.05) is 12.1 Å². The standard InChI is InChI=1S/C24H29N3O2/c28-23(26-14-9-18-7-12-25-13-8-18)21-3-1-19(2-4-21)17-20-10-15-27(16-11-20)24(29)22-5-6-22/h1-4,7-8,12-13,20,22H,5-6,9-11,14-17H2,(H,26,28). The summed E-state index contributed by atoms with van der Waals surface area (Å²) in [6, 6.07) is 11.9. The van der Waals surface area contributed by atoms with E-state index in [-0.39, 0.29) is 5.91 Å². The quantitative estimate of drug-likeness (QED) is 0.788. The molecule has 1 aromatic heterocycles. The van der Waals surface area contributed by atoms with Gasteiger partial charge in [0.05, 0.1) is 0 Å². The number of aromatic nitrogens is 1. The minimum Gasteiger partial charge on any atom is -0.352 e. The monoisotopic (exact) mass is 391 g/mol. The number of benzene rings is 1. The molecule has 1 saturated carbocycles. The predicted octanol–water partition coefficient (Wildman–Crippen LogP) is 3.25. The van der Waals surface area contributed by atoms with Crippen molar-refractivity contribution in [3.05, 3.63) is 65.5 Å². The second-order valence-corrected chi connectivity index (χ2v) is 8.31. The molecule has 5 heteroatoms. The molecule has 0 bridgehead atoms. The minimum absolute atomic E-state index is 0.0301. The number of rotatable bonds is 7. The number of likely N-dealkylation sites (tertiary alicyclic amines) is 1. The highest BCUT2D eigenvalue weighted by Gasteiger charge is 2.34. The molecular formula is C24H29N3O2. The second kappa shape index (κ2) is 9.21. The predicted molar refractivity (Wildman–Crippen MR) is 112 cm³/mol. The molecule has 2 aromatic rings. The molecule has 1 saturated heterocycles. The van der Waals surface area contributed by atoms with E-state index in [9.17, 15) is 9.59 Å². The van der Waals surface area contributed by atoms with Crippen LogP contribution in [-0.2, 0) is 17.6 Å². The highest BCUT2D eigenvalue weighted by atomic mass is 16.2. The van der Waals surface area contributed by atoms with Gasteiger partial charge in [-0.2, -0.15) is 0 Å². The van der Waals surface area contributed by atoms with Gasteiger partial charge in [0, 0.05) is 43.5 Å². The van der Waals surface area contributed by atoms with E-state index < -0.39 is 0 Å². The number of hydrogen-bond donors (Lipinski definition) is 1. The molecular weight excluding hydrogens is 362 g/mol. The molecule has 4 rings (SSSR count). The molecule has 2 aliphatic rings. The van der Waals surface area contributed by atoms with E-state index in [1.165, 1.54) is 11.1 Å². The summed E-state index contributed by atoms with van der Waals surface area (Å²) in [6.45, 7) is 2.42. The lowest BCUT2D eigenvalue weighted by atomic mass is 9.89. The van der Waals surface area contributed by atoms with Crippen molar-refractivity contribution in [2.75, 3.05) is 19.6 Å². The zero-order valence-corrected chi connectivity index (χ0v) is 16.8. The molecule has 2 heterocycles. The third kappa shape index (κ3) is 5.43. The Bertz CT molecular complexity index is 823. The number of hydrogen-bond acceptors (Lipinski definition) is 3. The van der Waals surface area contributed by atoms with E-state index in [1.807, 2.05) is 24.3 Å².